The average Bonchev–Trinajstić information content (AvgIpc) is 2.17. The lowest BCUT2D eigenvalue weighted by atomic mass is 10.1. The van der Waals surface area contributed by atoms with Crippen LogP contribution in [0.25, 0.3) is 0 Å². The van der Waals surface area contributed by atoms with Crippen LogP contribution in [0.1, 0.15) is 45.4 Å². The molecule has 0 atom stereocenters. The van der Waals surface area contributed by atoms with Crippen molar-refractivity contribution >= 4 is 11.9 Å². The minimum Gasteiger partial charge on any atom is -0.481 e. The van der Waals surface area contributed by atoms with Crippen molar-refractivity contribution < 1.29 is 19.4 Å². The van der Waals surface area contributed by atoms with Crippen LogP contribution < -0.4 is 0 Å². The van der Waals surface area contributed by atoms with E-state index in [1.165, 1.54) is 6.26 Å². The molecule has 0 aliphatic carbocycles. The first-order valence-corrected chi connectivity index (χ1v) is 5.23. The summed E-state index contributed by atoms with van der Waals surface area (Å²) < 4.78 is 4.77. The Morgan fingerprint density at radius 3 is 2.47 bits per heavy atom. The molecule has 0 aromatic heterocycles. The molecule has 4 heteroatoms. The molecule has 0 bridgehead atoms. The molecule has 1 N–H and O–H groups in total. The number of carbonyl (C=O) groups is 2. The van der Waals surface area contributed by atoms with Crippen LogP contribution in [-0.2, 0) is 14.3 Å². The number of rotatable bonds is 8. The van der Waals surface area contributed by atoms with Gasteiger partial charge in [-0.25, -0.2) is 0 Å². The van der Waals surface area contributed by atoms with Gasteiger partial charge in [0.15, 0.2) is 0 Å². The van der Waals surface area contributed by atoms with Gasteiger partial charge in [-0.1, -0.05) is 13.3 Å². The van der Waals surface area contributed by atoms with E-state index in [0.717, 1.165) is 12.8 Å². The molecule has 0 spiro atoms. The van der Waals surface area contributed by atoms with Gasteiger partial charge in [-0.05, 0) is 25.3 Å². The molecule has 0 radical (unpaired) electrons. The SMILES string of the molecule is CCC=COC(=O)CCCCCC(=O)O. The Bertz CT molecular complexity index is 221. The summed E-state index contributed by atoms with van der Waals surface area (Å²) in [5.74, 6) is -1.04. The van der Waals surface area contributed by atoms with Gasteiger partial charge in [0.1, 0.15) is 0 Å². The molecule has 0 aromatic rings. The number of carbonyl (C=O) groups excluding carboxylic acids is 1. The summed E-state index contributed by atoms with van der Waals surface area (Å²) in [6.07, 6.45) is 6.59. The number of hydrogen-bond donors (Lipinski definition) is 1. The Labute approximate surface area is 89.9 Å². The first kappa shape index (κ1) is 13.7. The molecule has 15 heavy (non-hydrogen) atoms. The standard InChI is InChI=1S/C11H18O4/c1-2-3-9-15-11(14)8-6-4-5-7-10(12)13/h3,9H,2,4-8H2,1H3,(H,12,13). The molecular weight excluding hydrogens is 196 g/mol. The summed E-state index contributed by atoms with van der Waals surface area (Å²) in [6, 6.07) is 0. The highest BCUT2D eigenvalue weighted by molar-refractivity contribution is 5.70. The van der Waals surface area contributed by atoms with E-state index in [-0.39, 0.29) is 12.4 Å². The predicted octanol–water partition coefficient (Wildman–Crippen LogP) is 2.49. The van der Waals surface area contributed by atoms with Crippen LogP contribution in [0.2, 0.25) is 0 Å². The first-order valence-electron chi connectivity index (χ1n) is 5.23. The summed E-state index contributed by atoms with van der Waals surface area (Å²) in [4.78, 5) is 21.2. The molecule has 0 aliphatic heterocycles. The van der Waals surface area contributed by atoms with Crippen molar-refractivity contribution in [2.45, 2.75) is 45.4 Å². The Balaban J connectivity index is 3.31. The number of ether oxygens (including phenoxy) is 1. The van der Waals surface area contributed by atoms with Crippen LogP contribution in [0.4, 0.5) is 0 Å². The van der Waals surface area contributed by atoms with Gasteiger partial charge in [0.2, 0.25) is 0 Å². The number of carboxylic acids is 1. The van der Waals surface area contributed by atoms with Gasteiger partial charge >= 0.3 is 11.9 Å². The number of esters is 1. The molecule has 0 aromatic carbocycles. The van der Waals surface area contributed by atoms with Crippen LogP contribution in [0.5, 0.6) is 0 Å². The van der Waals surface area contributed by atoms with Crippen molar-refractivity contribution in [3.05, 3.63) is 12.3 Å². The lowest BCUT2D eigenvalue weighted by Crippen LogP contribution is -1.99. The van der Waals surface area contributed by atoms with E-state index in [1.54, 1.807) is 6.08 Å². The maximum absolute atomic E-state index is 11.0. The van der Waals surface area contributed by atoms with Gasteiger partial charge in [0.25, 0.3) is 0 Å². The molecule has 86 valence electrons. The Morgan fingerprint density at radius 1 is 1.20 bits per heavy atom. The summed E-state index contributed by atoms with van der Waals surface area (Å²) in [5, 5.41) is 8.36. The molecule has 0 heterocycles. The number of carboxylic acid groups (broad SMARTS) is 1. The van der Waals surface area contributed by atoms with Crippen molar-refractivity contribution in [3.8, 4) is 0 Å². The van der Waals surface area contributed by atoms with E-state index >= 15 is 0 Å². The largest absolute Gasteiger partial charge is 0.481 e. The third-order valence-electron chi connectivity index (χ3n) is 1.80. The molecule has 0 amide bonds. The van der Waals surface area contributed by atoms with Gasteiger partial charge in [-0.15, -0.1) is 0 Å². The highest BCUT2D eigenvalue weighted by Crippen LogP contribution is 2.04. The van der Waals surface area contributed by atoms with Gasteiger partial charge in [-0.2, -0.15) is 0 Å². The Hall–Kier alpha value is -1.32. The number of hydrogen-bond acceptors (Lipinski definition) is 3. The van der Waals surface area contributed by atoms with Gasteiger partial charge < -0.3 is 9.84 Å². The van der Waals surface area contributed by atoms with Crippen molar-refractivity contribution in [1.82, 2.24) is 0 Å². The molecule has 0 rings (SSSR count). The third kappa shape index (κ3) is 10.6. The topological polar surface area (TPSA) is 63.6 Å². The van der Waals surface area contributed by atoms with E-state index < -0.39 is 5.97 Å². The van der Waals surface area contributed by atoms with Crippen LogP contribution in [0, 0.1) is 0 Å². The average molecular weight is 214 g/mol. The second-order valence-electron chi connectivity index (χ2n) is 3.22. The van der Waals surface area contributed by atoms with Gasteiger partial charge in [0.05, 0.1) is 6.26 Å². The number of unbranched alkanes of at least 4 members (excludes halogenated alkanes) is 2. The van der Waals surface area contributed by atoms with Crippen molar-refractivity contribution in [1.29, 1.82) is 0 Å². The quantitative estimate of drug-likeness (QED) is 0.383. The summed E-state index contributed by atoms with van der Waals surface area (Å²) in [6.45, 7) is 1.95. The van der Waals surface area contributed by atoms with Gasteiger partial charge in [-0.3, -0.25) is 9.59 Å². The van der Waals surface area contributed by atoms with Crippen LogP contribution in [0.15, 0.2) is 12.3 Å². The van der Waals surface area contributed by atoms with E-state index in [2.05, 4.69) is 0 Å². The number of allylic oxidation sites excluding steroid dienone is 1. The lowest BCUT2D eigenvalue weighted by Gasteiger charge is -1.98. The fourth-order valence-corrected chi connectivity index (χ4v) is 1.00. The summed E-state index contributed by atoms with van der Waals surface area (Å²) in [7, 11) is 0. The molecule has 0 unspecified atom stereocenters. The lowest BCUT2D eigenvalue weighted by molar-refractivity contribution is -0.138. The van der Waals surface area contributed by atoms with Crippen molar-refractivity contribution in [2.24, 2.45) is 0 Å². The highest BCUT2D eigenvalue weighted by atomic mass is 16.5. The summed E-state index contributed by atoms with van der Waals surface area (Å²) >= 11 is 0. The monoisotopic (exact) mass is 214 g/mol. The third-order valence-corrected chi connectivity index (χ3v) is 1.80. The number of aliphatic carboxylic acids is 1. The highest BCUT2D eigenvalue weighted by Gasteiger charge is 2.01. The van der Waals surface area contributed by atoms with Gasteiger partial charge in [0, 0.05) is 12.8 Å². The molecule has 0 saturated carbocycles. The first-order chi connectivity index (χ1) is 7.16. The minimum absolute atomic E-state index is 0.171. The zero-order chi connectivity index (χ0) is 11.5. The Morgan fingerprint density at radius 2 is 1.87 bits per heavy atom. The Kier molecular flexibility index (Phi) is 8.43. The smallest absolute Gasteiger partial charge is 0.310 e. The van der Waals surface area contributed by atoms with Crippen LogP contribution in [-0.4, -0.2) is 17.0 Å². The van der Waals surface area contributed by atoms with Crippen molar-refractivity contribution in [2.75, 3.05) is 0 Å². The zero-order valence-corrected chi connectivity index (χ0v) is 9.07. The molecular formula is C11H18O4. The minimum atomic E-state index is -0.788. The fourth-order valence-electron chi connectivity index (χ4n) is 1.00. The maximum Gasteiger partial charge on any atom is 0.310 e. The molecule has 0 aliphatic rings. The maximum atomic E-state index is 11.0. The zero-order valence-electron chi connectivity index (χ0n) is 9.07. The van der Waals surface area contributed by atoms with E-state index in [4.69, 9.17) is 9.84 Å². The van der Waals surface area contributed by atoms with Crippen LogP contribution >= 0.6 is 0 Å². The van der Waals surface area contributed by atoms with E-state index in [1.807, 2.05) is 6.92 Å². The molecule has 4 nitrogen and oxygen atoms in total. The summed E-state index contributed by atoms with van der Waals surface area (Å²) in [5.41, 5.74) is 0. The molecule has 0 fully saturated rings. The fraction of sp³-hybridized carbons (Fsp3) is 0.636. The second-order valence-corrected chi connectivity index (χ2v) is 3.22. The normalized spacial score (nSPS) is 10.5. The predicted molar refractivity (Wildman–Crippen MR) is 56.2 cm³/mol. The van der Waals surface area contributed by atoms with E-state index in [0.29, 0.717) is 19.3 Å². The van der Waals surface area contributed by atoms with Crippen molar-refractivity contribution in [3.63, 3.8) is 0 Å². The van der Waals surface area contributed by atoms with E-state index in [9.17, 15) is 9.59 Å². The van der Waals surface area contributed by atoms with Crippen LogP contribution in [0.3, 0.4) is 0 Å². The molecule has 0 saturated heterocycles. The second kappa shape index (κ2) is 9.24.